The van der Waals surface area contributed by atoms with Gasteiger partial charge < -0.3 is 20.6 Å². The molecule has 8 nitrogen and oxygen atoms in total. The highest BCUT2D eigenvalue weighted by atomic mass is 16.5. The van der Waals surface area contributed by atoms with Crippen molar-refractivity contribution in [1.29, 1.82) is 0 Å². The van der Waals surface area contributed by atoms with Crippen molar-refractivity contribution >= 4 is 28.5 Å². The van der Waals surface area contributed by atoms with Crippen LogP contribution < -0.4 is 16.2 Å². The summed E-state index contributed by atoms with van der Waals surface area (Å²) in [6.45, 7) is 6.00. The summed E-state index contributed by atoms with van der Waals surface area (Å²) in [5.74, 6) is 0.483. The van der Waals surface area contributed by atoms with Crippen molar-refractivity contribution in [3.63, 3.8) is 0 Å². The van der Waals surface area contributed by atoms with E-state index in [0.29, 0.717) is 41.1 Å². The highest BCUT2D eigenvalue weighted by Crippen LogP contribution is 2.39. The van der Waals surface area contributed by atoms with Crippen LogP contribution in [-0.2, 0) is 6.42 Å². The van der Waals surface area contributed by atoms with Crippen LogP contribution in [0.3, 0.4) is 0 Å². The number of carbonyl (C=O) groups excluding carboxylic acids is 1. The maximum absolute atomic E-state index is 13.0. The van der Waals surface area contributed by atoms with Gasteiger partial charge in [0, 0.05) is 29.1 Å². The number of carbonyl (C=O) groups is 1. The van der Waals surface area contributed by atoms with Gasteiger partial charge in [-0.1, -0.05) is 32.0 Å². The van der Waals surface area contributed by atoms with E-state index < -0.39 is 5.97 Å². The Morgan fingerprint density at radius 3 is 2.73 bits per heavy atom. The number of furan rings is 1. The van der Waals surface area contributed by atoms with E-state index in [4.69, 9.17) is 20.6 Å². The fourth-order valence-corrected chi connectivity index (χ4v) is 3.82. The molecule has 4 rings (SSSR count). The molecule has 0 fully saturated rings. The standard InChI is InChI=1S/C22H23N5O3/c1-12-17-14(26-27-21(23)24)10-22(2,3)11-16(17)29-19(12)20(28)30-15-8-4-6-13-7-5-9-25-18(13)15/h4-9H,10-11H2,1-3H3,(H4,23,24,27)/b26-14-. The van der Waals surface area contributed by atoms with Crippen LogP contribution in [0.2, 0.25) is 0 Å². The molecule has 154 valence electrons. The first-order valence-electron chi connectivity index (χ1n) is 9.59. The van der Waals surface area contributed by atoms with Crippen LogP contribution in [0.5, 0.6) is 5.75 Å². The first kappa shape index (κ1) is 19.6. The predicted molar refractivity (Wildman–Crippen MR) is 115 cm³/mol. The summed E-state index contributed by atoms with van der Waals surface area (Å²) in [5.41, 5.74) is 13.5. The Balaban J connectivity index is 1.73. The number of guanidine groups is 1. The maximum atomic E-state index is 13.0. The largest absolute Gasteiger partial charge is 0.453 e. The Hall–Kier alpha value is -3.68. The van der Waals surface area contributed by atoms with Crippen LogP contribution in [0, 0.1) is 12.3 Å². The number of hydrogen-bond acceptors (Lipinski definition) is 6. The third kappa shape index (κ3) is 3.63. The van der Waals surface area contributed by atoms with Crippen molar-refractivity contribution in [3.05, 3.63) is 59.2 Å². The fraction of sp³-hybridized carbons (Fsp3) is 0.273. The van der Waals surface area contributed by atoms with Gasteiger partial charge in [0.15, 0.2) is 5.75 Å². The maximum Gasteiger partial charge on any atom is 0.380 e. The van der Waals surface area contributed by atoms with Gasteiger partial charge in [-0.2, -0.15) is 5.10 Å². The van der Waals surface area contributed by atoms with Gasteiger partial charge in [0.25, 0.3) is 0 Å². The molecule has 0 bridgehead atoms. The third-order valence-electron chi connectivity index (χ3n) is 5.06. The number of esters is 1. The molecule has 2 heterocycles. The summed E-state index contributed by atoms with van der Waals surface area (Å²) >= 11 is 0. The highest BCUT2D eigenvalue weighted by molar-refractivity contribution is 6.06. The summed E-state index contributed by atoms with van der Waals surface area (Å²) < 4.78 is 11.6. The Bertz CT molecular complexity index is 1200. The van der Waals surface area contributed by atoms with E-state index in [1.165, 1.54) is 0 Å². The summed E-state index contributed by atoms with van der Waals surface area (Å²) in [7, 11) is 0. The lowest BCUT2D eigenvalue weighted by Crippen LogP contribution is -2.27. The summed E-state index contributed by atoms with van der Waals surface area (Å²) in [4.78, 5) is 17.3. The minimum atomic E-state index is -0.584. The van der Waals surface area contributed by atoms with Crippen LogP contribution in [0.1, 0.15) is 47.7 Å². The molecule has 0 saturated heterocycles. The van der Waals surface area contributed by atoms with Gasteiger partial charge in [0.1, 0.15) is 11.3 Å². The van der Waals surface area contributed by atoms with Crippen LogP contribution >= 0.6 is 0 Å². The second-order valence-corrected chi connectivity index (χ2v) is 8.16. The third-order valence-corrected chi connectivity index (χ3v) is 5.06. The molecular formula is C22H23N5O3. The monoisotopic (exact) mass is 405 g/mol. The minimum absolute atomic E-state index is 0.115. The molecule has 0 amide bonds. The average Bonchev–Trinajstić information content (AvgIpc) is 3.01. The van der Waals surface area contributed by atoms with Gasteiger partial charge in [-0.25, -0.2) is 4.79 Å². The molecule has 0 radical (unpaired) electrons. The molecule has 0 saturated carbocycles. The molecule has 0 spiro atoms. The van der Waals surface area contributed by atoms with Gasteiger partial charge in [-0.15, -0.1) is 5.10 Å². The van der Waals surface area contributed by atoms with Crippen molar-refractivity contribution in [1.82, 2.24) is 4.98 Å². The van der Waals surface area contributed by atoms with E-state index in [-0.39, 0.29) is 17.1 Å². The number of rotatable bonds is 3. The Morgan fingerprint density at radius 2 is 1.97 bits per heavy atom. The lowest BCUT2D eigenvalue weighted by Gasteiger charge is -2.29. The summed E-state index contributed by atoms with van der Waals surface area (Å²) in [6.07, 6.45) is 2.97. The zero-order valence-corrected chi connectivity index (χ0v) is 17.1. The smallest absolute Gasteiger partial charge is 0.380 e. The van der Waals surface area contributed by atoms with Gasteiger partial charge in [-0.3, -0.25) is 4.98 Å². The molecule has 30 heavy (non-hydrogen) atoms. The van der Waals surface area contributed by atoms with Crippen molar-refractivity contribution in [2.24, 2.45) is 27.1 Å². The number of nitrogens with zero attached hydrogens (tertiary/aromatic N) is 3. The van der Waals surface area contributed by atoms with Crippen molar-refractivity contribution in [3.8, 4) is 5.75 Å². The first-order chi connectivity index (χ1) is 14.2. The second-order valence-electron chi connectivity index (χ2n) is 8.16. The molecule has 2 aromatic heterocycles. The number of benzene rings is 1. The predicted octanol–water partition coefficient (Wildman–Crippen LogP) is 3.31. The molecule has 3 aromatic rings. The zero-order valence-electron chi connectivity index (χ0n) is 17.1. The molecule has 0 aliphatic heterocycles. The van der Waals surface area contributed by atoms with E-state index in [1.807, 2.05) is 31.2 Å². The Labute approximate surface area is 173 Å². The number of para-hydroxylation sites is 1. The van der Waals surface area contributed by atoms with E-state index in [0.717, 1.165) is 10.9 Å². The van der Waals surface area contributed by atoms with E-state index in [1.54, 1.807) is 12.3 Å². The Kier molecular flexibility index (Phi) is 4.77. The van der Waals surface area contributed by atoms with Gasteiger partial charge >= 0.3 is 5.97 Å². The normalized spacial score (nSPS) is 16.3. The lowest BCUT2D eigenvalue weighted by molar-refractivity contribution is 0.0699. The number of aromatic nitrogens is 1. The molecular weight excluding hydrogens is 382 g/mol. The number of ether oxygens (including phenoxy) is 1. The van der Waals surface area contributed by atoms with Crippen molar-refractivity contribution in [2.75, 3.05) is 0 Å². The first-order valence-corrected chi connectivity index (χ1v) is 9.59. The SMILES string of the molecule is Cc1c(C(=O)Oc2cccc3cccnc23)oc2c1/C(=N\N=C(N)N)CC(C)(C)C2. The average molecular weight is 405 g/mol. The topological polar surface area (TPSA) is 129 Å². The molecule has 1 aliphatic rings. The van der Waals surface area contributed by atoms with Crippen LogP contribution in [0.4, 0.5) is 0 Å². The van der Waals surface area contributed by atoms with Crippen molar-refractivity contribution in [2.45, 2.75) is 33.6 Å². The van der Waals surface area contributed by atoms with E-state index in [9.17, 15) is 4.79 Å². The molecule has 1 aromatic carbocycles. The fourth-order valence-electron chi connectivity index (χ4n) is 3.82. The minimum Gasteiger partial charge on any atom is -0.453 e. The lowest BCUT2D eigenvalue weighted by atomic mass is 9.75. The number of nitrogens with two attached hydrogens (primary N) is 2. The molecule has 1 aliphatic carbocycles. The molecule has 0 unspecified atom stereocenters. The molecule has 8 heteroatoms. The second kappa shape index (κ2) is 7.29. The highest BCUT2D eigenvalue weighted by Gasteiger charge is 2.36. The number of fused-ring (bicyclic) bond motifs is 2. The van der Waals surface area contributed by atoms with E-state index in [2.05, 4.69) is 29.0 Å². The number of pyridine rings is 1. The Morgan fingerprint density at radius 1 is 1.20 bits per heavy atom. The molecule has 0 atom stereocenters. The summed E-state index contributed by atoms with van der Waals surface area (Å²) in [6, 6.07) is 9.17. The zero-order chi connectivity index (χ0) is 21.5. The molecule has 4 N–H and O–H groups in total. The van der Waals surface area contributed by atoms with Crippen LogP contribution in [0.25, 0.3) is 10.9 Å². The van der Waals surface area contributed by atoms with E-state index >= 15 is 0 Å². The summed E-state index contributed by atoms with van der Waals surface area (Å²) in [5, 5.41) is 8.90. The van der Waals surface area contributed by atoms with Gasteiger partial charge in [0.2, 0.25) is 11.7 Å². The quantitative estimate of drug-likeness (QED) is 0.226. The van der Waals surface area contributed by atoms with Crippen molar-refractivity contribution < 1.29 is 13.9 Å². The van der Waals surface area contributed by atoms with Crippen LogP contribution in [-0.4, -0.2) is 22.6 Å². The van der Waals surface area contributed by atoms with Gasteiger partial charge in [-0.05, 0) is 30.9 Å². The number of hydrogen-bond donors (Lipinski definition) is 2. The van der Waals surface area contributed by atoms with Gasteiger partial charge in [0.05, 0.1) is 5.71 Å². The van der Waals surface area contributed by atoms with Crippen LogP contribution in [0.15, 0.2) is 51.1 Å².